The van der Waals surface area contributed by atoms with Crippen LogP contribution in [0.4, 0.5) is 0 Å². The molecule has 6 heteroatoms. The van der Waals surface area contributed by atoms with Crippen molar-refractivity contribution in [2.45, 2.75) is 26.7 Å². The topological polar surface area (TPSA) is 33.6 Å². The lowest BCUT2D eigenvalue weighted by Crippen LogP contribution is -2.08. The van der Waals surface area contributed by atoms with E-state index in [1.54, 1.807) is 24.8 Å². The van der Waals surface area contributed by atoms with Crippen LogP contribution in [0.2, 0.25) is 0 Å². The predicted octanol–water partition coefficient (Wildman–Crippen LogP) is 3.03. The van der Waals surface area contributed by atoms with Crippen molar-refractivity contribution in [2.24, 2.45) is 4.99 Å². The van der Waals surface area contributed by atoms with E-state index in [2.05, 4.69) is 23.9 Å². The normalized spacial score (nSPS) is 15.6. The molecule has 0 aromatic carbocycles. The zero-order chi connectivity index (χ0) is 10.9. The van der Waals surface area contributed by atoms with Crippen LogP contribution in [0.15, 0.2) is 4.99 Å². The maximum Gasteiger partial charge on any atom is 0.211 e. The molecule has 3 nitrogen and oxygen atoms in total. The molecule has 0 bridgehead atoms. The molecule has 0 rings (SSSR count). The van der Waals surface area contributed by atoms with Gasteiger partial charge in [0.2, 0.25) is 5.62 Å². The van der Waals surface area contributed by atoms with Crippen molar-refractivity contribution in [3.63, 3.8) is 0 Å². The van der Waals surface area contributed by atoms with Gasteiger partial charge < -0.3 is 9.61 Å². The largest absolute Gasteiger partial charge is 0.326 e. The maximum absolute atomic E-state index is 5.67. The highest BCUT2D eigenvalue weighted by atomic mass is 32.9. The summed E-state index contributed by atoms with van der Waals surface area (Å²) in [5.74, 6) is 1.03. The lowest BCUT2D eigenvalue weighted by atomic mass is 10.5. The summed E-state index contributed by atoms with van der Waals surface area (Å²) in [5, 5.41) is 3.09. The molecule has 0 saturated carbocycles. The second-order valence-electron chi connectivity index (χ2n) is 2.68. The summed E-state index contributed by atoms with van der Waals surface area (Å²) in [7, 11) is 1.72. The molecule has 0 fully saturated rings. The Morgan fingerprint density at radius 2 is 2.21 bits per heavy atom. The Hall–Kier alpha value is 0.430. The van der Waals surface area contributed by atoms with Gasteiger partial charge in [0.1, 0.15) is 0 Å². The fourth-order valence-electron chi connectivity index (χ4n) is 0.663. The zero-order valence-corrected chi connectivity index (χ0v) is 11.6. The SMILES string of the molecule is CCCOP(=S)(NC=NC)SCCC. The highest BCUT2D eigenvalue weighted by molar-refractivity contribution is 8.68. The van der Waals surface area contributed by atoms with Crippen LogP contribution in [0.1, 0.15) is 26.7 Å². The molecule has 0 radical (unpaired) electrons. The van der Waals surface area contributed by atoms with Gasteiger partial charge in [-0.3, -0.25) is 4.99 Å². The molecule has 0 saturated heterocycles. The van der Waals surface area contributed by atoms with Crippen LogP contribution in [-0.2, 0) is 16.3 Å². The molecule has 0 aliphatic carbocycles. The van der Waals surface area contributed by atoms with Crippen LogP contribution < -0.4 is 5.09 Å². The van der Waals surface area contributed by atoms with E-state index < -0.39 is 5.62 Å². The second-order valence-corrected chi connectivity index (χ2v) is 9.41. The molecule has 0 heterocycles. The average molecular weight is 254 g/mol. The molecule has 0 amide bonds. The Bertz CT molecular complexity index is 200. The summed E-state index contributed by atoms with van der Waals surface area (Å²) >= 11 is 7.15. The van der Waals surface area contributed by atoms with Crippen LogP contribution in [-0.4, -0.2) is 25.7 Å². The molecule has 14 heavy (non-hydrogen) atoms. The van der Waals surface area contributed by atoms with Gasteiger partial charge in [0.25, 0.3) is 0 Å². The van der Waals surface area contributed by atoms with Crippen molar-refractivity contribution in [1.82, 2.24) is 5.09 Å². The first-order valence-corrected chi connectivity index (χ1v) is 9.07. The van der Waals surface area contributed by atoms with E-state index >= 15 is 0 Å². The molecule has 0 aromatic rings. The molecular formula is C8H19N2OPS2. The van der Waals surface area contributed by atoms with Gasteiger partial charge >= 0.3 is 0 Å². The van der Waals surface area contributed by atoms with Gasteiger partial charge in [-0.15, -0.1) is 0 Å². The van der Waals surface area contributed by atoms with Gasteiger partial charge in [-0.25, -0.2) is 0 Å². The molecule has 0 aliphatic heterocycles. The minimum Gasteiger partial charge on any atom is -0.326 e. The monoisotopic (exact) mass is 254 g/mol. The summed E-state index contributed by atoms with van der Waals surface area (Å²) in [4.78, 5) is 3.87. The minimum atomic E-state index is -1.92. The van der Waals surface area contributed by atoms with Crippen LogP contribution in [0.25, 0.3) is 0 Å². The first-order valence-electron chi connectivity index (χ1n) is 4.76. The van der Waals surface area contributed by atoms with Gasteiger partial charge in [-0.05, 0) is 24.6 Å². The van der Waals surface area contributed by atoms with Crippen LogP contribution in [0, 0.1) is 0 Å². The fraction of sp³-hybridized carbons (Fsp3) is 0.875. The second kappa shape index (κ2) is 8.72. The minimum absolute atomic E-state index is 0.721. The van der Waals surface area contributed by atoms with Crippen molar-refractivity contribution in [1.29, 1.82) is 0 Å². The summed E-state index contributed by atoms with van der Waals surface area (Å²) in [6.07, 6.45) is 3.75. The van der Waals surface area contributed by atoms with E-state index in [9.17, 15) is 0 Å². The van der Waals surface area contributed by atoms with E-state index in [4.69, 9.17) is 16.3 Å². The van der Waals surface area contributed by atoms with Gasteiger partial charge in [0, 0.05) is 12.8 Å². The molecular weight excluding hydrogens is 235 g/mol. The van der Waals surface area contributed by atoms with Crippen molar-refractivity contribution in [3.8, 4) is 0 Å². The number of hydrogen-bond acceptors (Lipinski definition) is 4. The summed E-state index contributed by atoms with van der Waals surface area (Å²) in [5.41, 5.74) is -1.92. The number of aliphatic imine (C=N–C) groups is 1. The van der Waals surface area contributed by atoms with E-state index in [-0.39, 0.29) is 0 Å². The number of hydrogen-bond donors (Lipinski definition) is 1. The van der Waals surface area contributed by atoms with Gasteiger partial charge in [0.15, 0.2) is 0 Å². The Balaban J connectivity index is 4.10. The van der Waals surface area contributed by atoms with Gasteiger partial charge in [-0.1, -0.05) is 25.2 Å². The van der Waals surface area contributed by atoms with Crippen molar-refractivity contribution in [3.05, 3.63) is 0 Å². The van der Waals surface area contributed by atoms with E-state index in [0.29, 0.717) is 0 Å². The Morgan fingerprint density at radius 1 is 1.50 bits per heavy atom. The molecule has 1 N–H and O–H groups in total. The van der Waals surface area contributed by atoms with E-state index in [0.717, 1.165) is 25.2 Å². The molecule has 0 aromatic heterocycles. The standard InChI is InChI=1S/C8H19N2OPS2/c1-4-6-11-12(13,10-8-9-3)14-7-5-2/h8H,4-7H2,1-3H3,(H,9,10,13). The van der Waals surface area contributed by atoms with Crippen molar-refractivity contribution >= 4 is 35.1 Å². The summed E-state index contributed by atoms with van der Waals surface area (Å²) < 4.78 is 5.67. The Kier molecular flexibility index (Phi) is 8.98. The first kappa shape index (κ1) is 14.4. The highest BCUT2D eigenvalue weighted by Gasteiger charge is 2.15. The zero-order valence-electron chi connectivity index (χ0n) is 9.02. The third-order valence-corrected chi connectivity index (χ3v) is 6.94. The number of nitrogens with one attached hydrogen (secondary N) is 1. The number of rotatable bonds is 8. The Morgan fingerprint density at radius 3 is 2.71 bits per heavy atom. The Labute approximate surface area is 96.0 Å². The highest BCUT2D eigenvalue weighted by Crippen LogP contribution is 2.55. The molecule has 0 aliphatic rings. The molecule has 1 atom stereocenters. The van der Waals surface area contributed by atoms with E-state index in [1.807, 2.05) is 0 Å². The lowest BCUT2D eigenvalue weighted by Gasteiger charge is -2.20. The quantitative estimate of drug-likeness (QED) is 0.410. The van der Waals surface area contributed by atoms with Crippen LogP contribution in [0.3, 0.4) is 0 Å². The predicted molar refractivity (Wildman–Crippen MR) is 70.8 cm³/mol. The van der Waals surface area contributed by atoms with Crippen molar-refractivity contribution in [2.75, 3.05) is 19.4 Å². The third kappa shape index (κ3) is 6.82. The fourth-order valence-corrected chi connectivity index (χ4v) is 5.11. The van der Waals surface area contributed by atoms with E-state index in [1.165, 1.54) is 0 Å². The summed E-state index contributed by atoms with van der Waals surface area (Å²) in [6, 6.07) is 0. The molecule has 0 spiro atoms. The smallest absolute Gasteiger partial charge is 0.211 e. The maximum atomic E-state index is 5.67. The van der Waals surface area contributed by atoms with Gasteiger partial charge in [0.05, 0.1) is 12.9 Å². The third-order valence-electron chi connectivity index (χ3n) is 1.28. The lowest BCUT2D eigenvalue weighted by molar-refractivity contribution is 0.356. The van der Waals surface area contributed by atoms with Crippen LogP contribution >= 0.6 is 17.0 Å². The van der Waals surface area contributed by atoms with Gasteiger partial charge in [-0.2, -0.15) is 0 Å². The van der Waals surface area contributed by atoms with Crippen molar-refractivity contribution < 1.29 is 4.52 Å². The first-order chi connectivity index (χ1) is 6.68. The molecule has 1 unspecified atom stereocenters. The number of nitrogens with zero attached hydrogens (tertiary/aromatic N) is 1. The average Bonchev–Trinajstić information content (AvgIpc) is 2.21. The molecule has 84 valence electrons. The summed E-state index contributed by atoms with van der Waals surface area (Å²) in [6.45, 7) is 4.94. The van der Waals surface area contributed by atoms with Crippen LogP contribution in [0.5, 0.6) is 0 Å².